The van der Waals surface area contributed by atoms with Gasteiger partial charge in [0, 0.05) is 35.8 Å². The van der Waals surface area contributed by atoms with Crippen molar-refractivity contribution in [2.45, 2.75) is 32.2 Å². The molecule has 1 aliphatic rings. The number of rotatable bonds is 2. The Hall–Kier alpha value is -2.69. The van der Waals surface area contributed by atoms with Crippen molar-refractivity contribution in [3.63, 3.8) is 0 Å². The van der Waals surface area contributed by atoms with Crippen LogP contribution in [0.2, 0.25) is 0 Å². The Balaban J connectivity index is 1.63. The summed E-state index contributed by atoms with van der Waals surface area (Å²) in [6.45, 7) is 1.98. The van der Waals surface area contributed by atoms with Gasteiger partial charge in [-0.15, -0.1) is 0 Å². The van der Waals surface area contributed by atoms with E-state index in [9.17, 15) is 13.6 Å². The average molecular weight is 354 g/mol. The van der Waals surface area contributed by atoms with Gasteiger partial charge < -0.3 is 9.88 Å². The maximum atomic E-state index is 14.0. The first kappa shape index (κ1) is 16.8. The second-order valence-electron chi connectivity index (χ2n) is 7.07. The molecule has 0 bridgehead atoms. The third kappa shape index (κ3) is 2.77. The number of nitrogens with zero attached hydrogens (tertiary/aromatic N) is 1. The number of aryl methyl sites for hydroxylation is 2. The summed E-state index contributed by atoms with van der Waals surface area (Å²) >= 11 is 0. The fraction of sp³-hybridized carbons (Fsp3) is 0.286. The number of fused-ring (bicyclic) bond motifs is 3. The van der Waals surface area contributed by atoms with Crippen molar-refractivity contribution in [2.24, 2.45) is 0 Å². The third-order valence-electron chi connectivity index (χ3n) is 5.35. The molecule has 4 rings (SSSR count). The number of aromatic amines is 1. The summed E-state index contributed by atoms with van der Waals surface area (Å²) in [5.41, 5.74) is 3.97. The summed E-state index contributed by atoms with van der Waals surface area (Å²) in [4.78, 5) is 17.6. The number of carbonyl (C=O) groups excluding carboxylic acids is 1. The fourth-order valence-electron chi connectivity index (χ4n) is 3.82. The number of H-pyrrole nitrogens is 1. The lowest BCUT2D eigenvalue weighted by Gasteiger charge is -2.31. The van der Waals surface area contributed by atoms with Gasteiger partial charge >= 0.3 is 0 Å². The molecule has 1 unspecified atom stereocenters. The zero-order valence-corrected chi connectivity index (χ0v) is 14.8. The minimum atomic E-state index is -0.581. The smallest absolute Gasteiger partial charge is 0.253 e. The lowest BCUT2D eigenvalue weighted by atomic mass is 9.90. The molecule has 0 aliphatic heterocycles. The van der Waals surface area contributed by atoms with E-state index in [1.165, 1.54) is 6.07 Å². The van der Waals surface area contributed by atoms with Crippen molar-refractivity contribution in [1.82, 2.24) is 9.88 Å². The summed E-state index contributed by atoms with van der Waals surface area (Å²) in [5, 5.41) is 0.582. The summed E-state index contributed by atoms with van der Waals surface area (Å²) in [7, 11) is 1.80. The Morgan fingerprint density at radius 3 is 2.65 bits per heavy atom. The highest BCUT2D eigenvalue weighted by atomic mass is 19.1. The van der Waals surface area contributed by atoms with Gasteiger partial charge in [-0.3, -0.25) is 4.79 Å². The van der Waals surface area contributed by atoms with E-state index in [-0.39, 0.29) is 11.9 Å². The number of carbonyl (C=O) groups is 1. The summed E-state index contributed by atoms with van der Waals surface area (Å²) in [6.07, 6.45) is 2.09. The van der Waals surface area contributed by atoms with Crippen LogP contribution in [0.4, 0.5) is 8.78 Å². The Morgan fingerprint density at radius 1 is 1.19 bits per heavy atom. The van der Waals surface area contributed by atoms with Crippen LogP contribution < -0.4 is 0 Å². The number of benzene rings is 2. The van der Waals surface area contributed by atoms with E-state index in [0.717, 1.165) is 29.3 Å². The molecule has 0 radical (unpaired) electrons. The largest absolute Gasteiger partial charge is 0.356 e. The molecule has 134 valence electrons. The molecule has 1 aromatic heterocycles. The maximum Gasteiger partial charge on any atom is 0.253 e. The number of aromatic nitrogens is 1. The van der Waals surface area contributed by atoms with Crippen LogP contribution in [0.5, 0.6) is 0 Å². The predicted molar refractivity (Wildman–Crippen MR) is 97.3 cm³/mol. The van der Waals surface area contributed by atoms with E-state index in [4.69, 9.17) is 0 Å². The zero-order valence-electron chi connectivity index (χ0n) is 14.8. The number of halogens is 2. The second-order valence-corrected chi connectivity index (χ2v) is 7.07. The number of hydrogen-bond donors (Lipinski definition) is 1. The SMILES string of the molecule is Cc1ccc(C(=O)N(C)C2CCc3[nH]c4c(F)cc(F)cc4c3C2)cc1. The summed E-state index contributed by atoms with van der Waals surface area (Å²) in [6, 6.07) is 9.78. The van der Waals surface area contributed by atoms with Gasteiger partial charge in [0.15, 0.2) is 0 Å². The van der Waals surface area contributed by atoms with Crippen LogP contribution in [0.25, 0.3) is 10.9 Å². The maximum absolute atomic E-state index is 14.0. The topological polar surface area (TPSA) is 36.1 Å². The molecule has 0 fully saturated rings. The van der Waals surface area contributed by atoms with Crippen LogP contribution >= 0.6 is 0 Å². The summed E-state index contributed by atoms with van der Waals surface area (Å²) in [5.74, 6) is -1.19. The van der Waals surface area contributed by atoms with Crippen molar-refractivity contribution < 1.29 is 13.6 Å². The highest BCUT2D eigenvalue weighted by Crippen LogP contribution is 2.32. The van der Waals surface area contributed by atoms with E-state index in [0.29, 0.717) is 29.3 Å². The van der Waals surface area contributed by atoms with Gasteiger partial charge in [-0.05, 0) is 49.9 Å². The lowest BCUT2D eigenvalue weighted by molar-refractivity contribution is 0.0719. The van der Waals surface area contributed by atoms with Gasteiger partial charge in [0.1, 0.15) is 11.6 Å². The molecule has 0 saturated carbocycles. The molecule has 1 N–H and O–H groups in total. The van der Waals surface area contributed by atoms with Gasteiger partial charge in [0.05, 0.1) is 5.52 Å². The van der Waals surface area contributed by atoms with Crippen LogP contribution in [-0.2, 0) is 12.8 Å². The molecule has 5 heteroatoms. The lowest BCUT2D eigenvalue weighted by Crippen LogP contribution is -2.40. The van der Waals surface area contributed by atoms with Crippen LogP contribution in [0.3, 0.4) is 0 Å². The Kier molecular flexibility index (Phi) is 4.02. The normalized spacial score (nSPS) is 16.5. The van der Waals surface area contributed by atoms with E-state index < -0.39 is 11.6 Å². The number of amides is 1. The number of nitrogens with one attached hydrogen (secondary N) is 1. The fourth-order valence-corrected chi connectivity index (χ4v) is 3.82. The van der Waals surface area contributed by atoms with Crippen molar-refractivity contribution in [1.29, 1.82) is 0 Å². The number of likely N-dealkylation sites (N-methyl/N-ethyl adjacent to an activating group) is 1. The first-order valence-electron chi connectivity index (χ1n) is 8.76. The Labute approximate surface area is 150 Å². The molecule has 1 aliphatic carbocycles. The zero-order chi connectivity index (χ0) is 18.4. The van der Waals surface area contributed by atoms with E-state index >= 15 is 0 Å². The standard InChI is InChI=1S/C21H20F2N2O/c1-12-3-5-13(6-4-12)21(26)25(2)15-7-8-19-16(11-15)17-9-14(22)10-18(23)20(17)24-19/h3-6,9-10,15,24H,7-8,11H2,1-2H3. The predicted octanol–water partition coefficient (Wildman–Crippen LogP) is 4.38. The molecular weight excluding hydrogens is 334 g/mol. The highest BCUT2D eigenvalue weighted by Gasteiger charge is 2.28. The molecule has 0 spiro atoms. The molecular formula is C21H20F2N2O. The van der Waals surface area contributed by atoms with Crippen molar-refractivity contribution in [2.75, 3.05) is 7.05 Å². The molecule has 2 aromatic carbocycles. The molecule has 26 heavy (non-hydrogen) atoms. The van der Waals surface area contributed by atoms with E-state index in [1.54, 1.807) is 11.9 Å². The van der Waals surface area contributed by atoms with Crippen LogP contribution in [0.15, 0.2) is 36.4 Å². The molecule has 3 nitrogen and oxygen atoms in total. The number of hydrogen-bond acceptors (Lipinski definition) is 1. The molecule has 1 heterocycles. The van der Waals surface area contributed by atoms with Crippen LogP contribution in [0, 0.1) is 18.6 Å². The minimum Gasteiger partial charge on any atom is -0.356 e. The molecule has 0 saturated heterocycles. The first-order valence-corrected chi connectivity index (χ1v) is 8.76. The monoisotopic (exact) mass is 354 g/mol. The van der Waals surface area contributed by atoms with Gasteiger partial charge in [-0.1, -0.05) is 17.7 Å². The Morgan fingerprint density at radius 2 is 1.92 bits per heavy atom. The van der Waals surface area contributed by atoms with Gasteiger partial charge in [0.2, 0.25) is 0 Å². The Bertz CT molecular complexity index is 991. The second kappa shape index (κ2) is 6.24. The van der Waals surface area contributed by atoms with E-state index in [1.807, 2.05) is 31.2 Å². The highest BCUT2D eigenvalue weighted by molar-refractivity contribution is 5.94. The van der Waals surface area contributed by atoms with Crippen LogP contribution in [0.1, 0.15) is 33.6 Å². The molecule has 1 atom stereocenters. The quantitative estimate of drug-likeness (QED) is 0.728. The average Bonchev–Trinajstić information content (AvgIpc) is 2.99. The van der Waals surface area contributed by atoms with Crippen molar-refractivity contribution in [3.05, 3.63) is 70.4 Å². The summed E-state index contributed by atoms with van der Waals surface area (Å²) < 4.78 is 27.7. The molecule has 1 amide bonds. The van der Waals surface area contributed by atoms with Gasteiger partial charge in [-0.2, -0.15) is 0 Å². The first-order chi connectivity index (χ1) is 12.4. The van der Waals surface area contributed by atoms with Gasteiger partial charge in [-0.25, -0.2) is 8.78 Å². The minimum absolute atomic E-state index is 0.00151. The van der Waals surface area contributed by atoms with E-state index in [2.05, 4.69) is 4.98 Å². The third-order valence-corrected chi connectivity index (χ3v) is 5.35. The molecule has 3 aromatic rings. The van der Waals surface area contributed by atoms with Gasteiger partial charge in [0.25, 0.3) is 5.91 Å². The van der Waals surface area contributed by atoms with Crippen molar-refractivity contribution >= 4 is 16.8 Å². The van der Waals surface area contributed by atoms with Crippen LogP contribution in [-0.4, -0.2) is 28.9 Å². The van der Waals surface area contributed by atoms with Crippen molar-refractivity contribution in [3.8, 4) is 0 Å².